The quantitative estimate of drug-likeness (QED) is 0.818. The molecule has 2 unspecified atom stereocenters. The Morgan fingerprint density at radius 1 is 1.24 bits per heavy atom. The van der Waals surface area contributed by atoms with Crippen molar-refractivity contribution >= 4 is 0 Å². The van der Waals surface area contributed by atoms with Crippen LogP contribution in [0.2, 0.25) is 0 Å². The predicted octanol–water partition coefficient (Wildman–Crippen LogP) is 1.86. The van der Waals surface area contributed by atoms with Gasteiger partial charge in [0.2, 0.25) is 0 Å². The topological polar surface area (TPSA) is 38.5 Å². The molecule has 1 saturated carbocycles. The molecule has 0 aromatic rings. The highest BCUT2D eigenvalue weighted by Gasteiger charge is 2.33. The maximum absolute atomic E-state index is 6.05. The number of ether oxygens (including phenoxy) is 1. The highest BCUT2D eigenvalue weighted by molar-refractivity contribution is 4.87. The fourth-order valence-corrected chi connectivity index (χ4v) is 3.50. The summed E-state index contributed by atoms with van der Waals surface area (Å²) in [6.07, 6.45) is 5.51. The number of nitrogens with zero attached hydrogens (tertiary/aromatic N) is 1. The van der Waals surface area contributed by atoms with E-state index >= 15 is 0 Å². The molecule has 0 aromatic carbocycles. The van der Waals surface area contributed by atoms with Crippen molar-refractivity contribution in [1.29, 1.82) is 0 Å². The van der Waals surface area contributed by atoms with Crippen LogP contribution in [0.15, 0.2) is 0 Å². The average molecular weight is 240 g/mol. The minimum Gasteiger partial charge on any atom is -0.379 e. The fourth-order valence-electron chi connectivity index (χ4n) is 3.50. The maximum Gasteiger partial charge on any atom is 0.0619 e. The lowest BCUT2D eigenvalue weighted by Gasteiger charge is -2.44. The molecule has 2 fully saturated rings. The highest BCUT2D eigenvalue weighted by atomic mass is 16.5. The number of hydrogen-bond donors (Lipinski definition) is 1. The lowest BCUT2D eigenvalue weighted by Crippen LogP contribution is -2.55. The van der Waals surface area contributed by atoms with Crippen LogP contribution in [0.25, 0.3) is 0 Å². The SMILES string of the molecule is CC1CCC(C(CN)N2CCOCC2C)CC1. The van der Waals surface area contributed by atoms with E-state index in [-0.39, 0.29) is 0 Å². The lowest BCUT2D eigenvalue weighted by atomic mass is 9.78. The first-order valence-corrected chi connectivity index (χ1v) is 7.26. The molecule has 1 aliphatic heterocycles. The first-order chi connectivity index (χ1) is 8.22. The standard InChI is InChI=1S/C14H28N2O/c1-11-3-5-13(6-4-11)14(9-15)16-7-8-17-10-12(16)2/h11-14H,3-10,15H2,1-2H3. The first kappa shape index (κ1) is 13.3. The first-order valence-electron chi connectivity index (χ1n) is 7.26. The fraction of sp³-hybridized carbons (Fsp3) is 1.00. The van der Waals surface area contributed by atoms with Crippen LogP contribution in [-0.2, 0) is 4.74 Å². The van der Waals surface area contributed by atoms with Crippen LogP contribution < -0.4 is 5.73 Å². The van der Waals surface area contributed by atoms with E-state index in [1.807, 2.05) is 0 Å². The Kier molecular flexibility index (Phi) is 4.83. The van der Waals surface area contributed by atoms with E-state index in [0.717, 1.165) is 38.1 Å². The molecular weight excluding hydrogens is 212 g/mol. The molecule has 0 spiro atoms. The van der Waals surface area contributed by atoms with Crippen molar-refractivity contribution in [2.24, 2.45) is 17.6 Å². The Hall–Kier alpha value is -0.120. The second kappa shape index (κ2) is 6.17. The van der Waals surface area contributed by atoms with Crippen molar-refractivity contribution in [3.8, 4) is 0 Å². The molecule has 1 heterocycles. The van der Waals surface area contributed by atoms with E-state index in [9.17, 15) is 0 Å². The Bertz CT molecular complexity index is 226. The van der Waals surface area contributed by atoms with Gasteiger partial charge in [-0.15, -0.1) is 0 Å². The number of hydrogen-bond acceptors (Lipinski definition) is 3. The normalized spacial score (nSPS) is 37.9. The third kappa shape index (κ3) is 3.21. The van der Waals surface area contributed by atoms with Gasteiger partial charge < -0.3 is 10.5 Å². The van der Waals surface area contributed by atoms with Gasteiger partial charge >= 0.3 is 0 Å². The highest BCUT2D eigenvalue weighted by Crippen LogP contribution is 2.33. The molecule has 0 bridgehead atoms. The van der Waals surface area contributed by atoms with Crippen LogP contribution in [0, 0.1) is 11.8 Å². The molecular formula is C14H28N2O. The van der Waals surface area contributed by atoms with Gasteiger partial charge in [-0.3, -0.25) is 4.90 Å². The summed E-state index contributed by atoms with van der Waals surface area (Å²) in [7, 11) is 0. The average Bonchev–Trinajstić information content (AvgIpc) is 2.35. The Morgan fingerprint density at radius 3 is 2.53 bits per heavy atom. The van der Waals surface area contributed by atoms with Gasteiger partial charge in [0.05, 0.1) is 13.2 Å². The summed E-state index contributed by atoms with van der Waals surface area (Å²) in [5.41, 5.74) is 6.05. The molecule has 100 valence electrons. The van der Waals surface area contributed by atoms with E-state index < -0.39 is 0 Å². The molecule has 0 radical (unpaired) electrons. The van der Waals surface area contributed by atoms with Gasteiger partial charge in [0.1, 0.15) is 0 Å². The minimum absolute atomic E-state index is 0.539. The van der Waals surface area contributed by atoms with Gasteiger partial charge in [-0.05, 0) is 31.6 Å². The largest absolute Gasteiger partial charge is 0.379 e. The zero-order chi connectivity index (χ0) is 12.3. The van der Waals surface area contributed by atoms with E-state index in [1.165, 1.54) is 25.7 Å². The number of nitrogens with two attached hydrogens (primary N) is 1. The zero-order valence-electron chi connectivity index (χ0n) is 11.4. The summed E-state index contributed by atoms with van der Waals surface area (Å²) in [5.74, 6) is 1.74. The third-order valence-corrected chi connectivity index (χ3v) is 4.69. The van der Waals surface area contributed by atoms with Gasteiger partial charge in [-0.2, -0.15) is 0 Å². The van der Waals surface area contributed by atoms with Gasteiger partial charge in [-0.25, -0.2) is 0 Å². The van der Waals surface area contributed by atoms with Crippen molar-refractivity contribution < 1.29 is 4.74 Å². The Labute approximate surface area is 106 Å². The smallest absolute Gasteiger partial charge is 0.0619 e. The van der Waals surface area contributed by atoms with E-state index in [2.05, 4.69) is 18.7 Å². The van der Waals surface area contributed by atoms with Crippen molar-refractivity contribution in [3.63, 3.8) is 0 Å². The number of morpholine rings is 1. The summed E-state index contributed by atoms with van der Waals surface area (Å²) >= 11 is 0. The minimum atomic E-state index is 0.539. The summed E-state index contributed by atoms with van der Waals surface area (Å²) in [4.78, 5) is 2.60. The molecule has 2 atom stereocenters. The molecule has 2 rings (SSSR count). The van der Waals surface area contributed by atoms with Crippen LogP contribution in [0.4, 0.5) is 0 Å². The Balaban J connectivity index is 1.94. The van der Waals surface area contributed by atoms with Crippen LogP contribution in [0.3, 0.4) is 0 Å². The van der Waals surface area contributed by atoms with Crippen molar-refractivity contribution in [3.05, 3.63) is 0 Å². The lowest BCUT2D eigenvalue weighted by molar-refractivity contribution is -0.0375. The maximum atomic E-state index is 6.05. The van der Waals surface area contributed by atoms with Gasteiger partial charge in [0, 0.05) is 25.2 Å². The monoisotopic (exact) mass is 240 g/mol. The molecule has 1 saturated heterocycles. The van der Waals surface area contributed by atoms with Crippen LogP contribution in [0.5, 0.6) is 0 Å². The van der Waals surface area contributed by atoms with Gasteiger partial charge in [0.15, 0.2) is 0 Å². The summed E-state index contributed by atoms with van der Waals surface area (Å²) in [6, 6.07) is 1.12. The molecule has 2 aliphatic rings. The summed E-state index contributed by atoms with van der Waals surface area (Å²) in [5, 5.41) is 0. The van der Waals surface area contributed by atoms with E-state index in [1.54, 1.807) is 0 Å². The second-order valence-electron chi connectivity index (χ2n) is 5.98. The molecule has 3 nitrogen and oxygen atoms in total. The van der Waals surface area contributed by atoms with E-state index in [0.29, 0.717) is 12.1 Å². The molecule has 0 amide bonds. The number of rotatable bonds is 3. The third-order valence-electron chi connectivity index (χ3n) is 4.69. The predicted molar refractivity (Wildman–Crippen MR) is 71.0 cm³/mol. The molecule has 1 aliphatic carbocycles. The zero-order valence-corrected chi connectivity index (χ0v) is 11.4. The van der Waals surface area contributed by atoms with E-state index in [4.69, 9.17) is 10.5 Å². The van der Waals surface area contributed by atoms with Crippen LogP contribution >= 0.6 is 0 Å². The molecule has 3 heteroatoms. The second-order valence-corrected chi connectivity index (χ2v) is 5.98. The van der Waals surface area contributed by atoms with Gasteiger partial charge in [-0.1, -0.05) is 19.8 Å². The molecule has 0 aromatic heterocycles. The summed E-state index contributed by atoms with van der Waals surface area (Å²) in [6.45, 7) is 8.28. The summed E-state index contributed by atoms with van der Waals surface area (Å²) < 4.78 is 5.53. The van der Waals surface area contributed by atoms with Crippen LogP contribution in [-0.4, -0.2) is 43.3 Å². The van der Waals surface area contributed by atoms with Gasteiger partial charge in [0.25, 0.3) is 0 Å². The molecule has 17 heavy (non-hydrogen) atoms. The Morgan fingerprint density at radius 2 is 1.94 bits per heavy atom. The van der Waals surface area contributed by atoms with Crippen molar-refractivity contribution in [1.82, 2.24) is 4.90 Å². The molecule has 2 N–H and O–H groups in total. The van der Waals surface area contributed by atoms with Crippen molar-refractivity contribution in [2.75, 3.05) is 26.3 Å². The van der Waals surface area contributed by atoms with Crippen molar-refractivity contribution in [2.45, 2.75) is 51.6 Å². The van der Waals surface area contributed by atoms with Crippen LogP contribution in [0.1, 0.15) is 39.5 Å².